The first kappa shape index (κ1) is 22.4. The summed E-state index contributed by atoms with van der Waals surface area (Å²) in [6.07, 6.45) is 2.25. The van der Waals surface area contributed by atoms with Gasteiger partial charge in [-0.1, -0.05) is 19.2 Å². The molecule has 0 atom stereocenters. The van der Waals surface area contributed by atoms with Crippen molar-refractivity contribution in [3.63, 3.8) is 0 Å². The van der Waals surface area contributed by atoms with E-state index >= 15 is 0 Å². The second-order valence-electron chi connectivity index (χ2n) is 6.81. The van der Waals surface area contributed by atoms with Crippen molar-refractivity contribution in [2.24, 2.45) is 4.99 Å². The van der Waals surface area contributed by atoms with Crippen LogP contribution in [0, 0.1) is 0 Å². The number of halogens is 2. The third-order valence-electron chi connectivity index (χ3n) is 4.95. The van der Waals surface area contributed by atoms with E-state index in [0.717, 1.165) is 0 Å². The predicted molar refractivity (Wildman–Crippen MR) is 97.9 cm³/mol. The smallest absolute Gasteiger partial charge is 1.00 e. The van der Waals surface area contributed by atoms with E-state index in [1.165, 1.54) is 33.3 Å². The Morgan fingerprint density at radius 2 is 1.64 bits per heavy atom. The summed E-state index contributed by atoms with van der Waals surface area (Å²) < 4.78 is 0. The van der Waals surface area contributed by atoms with Crippen molar-refractivity contribution in [2.75, 3.05) is 0 Å². The Morgan fingerprint density at radius 3 is 2.24 bits per heavy atom. The molecule has 5 heteroatoms. The van der Waals surface area contributed by atoms with Crippen LogP contribution in [0.5, 0.6) is 0 Å². The summed E-state index contributed by atoms with van der Waals surface area (Å²) in [6, 6.07) is 14.7. The maximum Gasteiger partial charge on any atom is 3.00 e. The molecule has 1 aliphatic carbocycles. The fourth-order valence-electron chi connectivity index (χ4n) is 4.13. The Morgan fingerprint density at radius 1 is 0.960 bits per heavy atom. The minimum atomic E-state index is -1.15. The number of hydrogen-bond acceptors (Lipinski definition) is 1. The van der Waals surface area contributed by atoms with Crippen LogP contribution in [0.25, 0.3) is 10.8 Å². The summed E-state index contributed by atoms with van der Waals surface area (Å²) in [7, 11) is -1.15. The number of aliphatic imine (C=N–C) groups is 1. The van der Waals surface area contributed by atoms with Crippen LogP contribution in [0.1, 0.15) is 13.8 Å². The van der Waals surface area contributed by atoms with E-state index in [4.69, 9.17) is 0 Å². The van der Waals surface area contributed by atoms with Crippen LogP contribution in [0.2, 0.25) is 13.1 Å². The molecule has 2 bridgehead atoms. The minimum absolute atomic E-state index is 0. The van der Waals surface area contributed by atoms with Crippen LogP contribution in [0.4, 0.5) is 0 Å². The van der Waals surface area contributed by atoms with Gasteiger partial charge < -0.3 is 24.8 Å². The number of nitrogens with zero attached hydrogens (tertiary/aromatic N) is 1. The van der Waals surface area contributed by atoms with Crippen LogP contribution in [0.3, 0.4) is 0 Å². The zero-order chi connectivity index (χ0) is 15.5. The van der Waals surface area contributed by atoms with E-state index in [1.54, 1.807) is 10.4 Å². The molecule has 3 heterocycles. The van der Waals surface area contributed by atoms with Gasteiger partial charge in [-0.15, -0.1) is 29.7 Å². The third-order valence-corrected chi connectivity index (χ3v) is 8.71. The van der Waals surface area contributed by atoms with Crippen molar-refractivity contribution in [2.45, 2.75) is 26.9 Å². The first-order chi connectivity index (χ1) is 10.5. The molecule has 6 rings (SSSR count). The molecule has 1 radical (unpaired) electrons. The third kappa shape index (κ3) is 3.37. The van der Waals surface area contributed by atoms with Crippen molar-refractivity contribution in [3.8, 4) is 0 Å². The van der Waals surface area contributed by atoms with Crippen LogP contribution < -0.4 is 24.8 Å². The molecule has 25 heavy (non-hydrogen) atoms. The second-order valence-corrected chi connectivity index (χ2v) is 11.1. The Labute approximate surface area is 182 Å². The summed E-state index contributed by atoms with van der Waals surface area (Å²) in [5, 5.41) is 5.94. The Bertz CT molecular complexity index is 902. The quantitative estimate of drug-likeness (QED) is 0.363. The van der Waals surface area contributed by atoms with Crippen molar-refractivity contribution >= 4 is 24.6 Å². The SMILES string of the molecule is CC1=NC2=C3C(C)=C(C2=C1)[Si]3(C)C.[Cl-].[Cl-].[Zr+3].c1ccc2[cH-]ccc2c1. The Kier molecular flexibility index (Phi) is 7.15. The zero-order valence-electron chi connectivity index (χ0n) is 14.8. The first-order valence-corrected chi connectivity index (χ1v) is 10.8. The molecule has 2 aromatic carbocycles. The molecule has 4 aliphatic rings. The van der Waals surface area contributed by atoms with Gasteiger partial charge in [-0.2, -0.15) is 17.5 Å². The van der Waals surface area contributed by atoms with Crippen LogP contribution in [-0.4, -0.2) is 13.8 Å². The van der Waals surface area contributed by atoms with Gasteiger partial charge in [-0.05, 0) is 35.9 Å². The average molecular weight is 465 g/mol. The van der Waals surface area contributed by atoms with Crippen molar-refractivity contribution in [1.82, 2.24) is 0 Å². The van der Waals surface area contributed by atoms with Crippen LogP contribution in [-0.2, 0) is 26.2 Å². The molecule has 0 fully saturated rings. The average Bonchev–Trinajstić information content (AvgIpc) is 3.15. The molecule has 0 saturated carbocycles. The van der Waals surface area contributed by atoms with Crippen molar-refractivity contribution < 1.29 is 51.0 Å². The van der Waals surface area contributed by atoms with Gasteiger partial charge in [0, 0.05) is 11.3 Å². The molecule has 0 saturated heterocycles. The molecule has 0 N–H and O–H groups in total. The van der Waals surface area contributed by atoms with Gasteiger partial charge in [0.2, 0.25) is 0 Å². The summed E-state index contributed by atoms with van der Waals surface area (Å²) in [5.74, 6) is 0. The summed E-state index contributed by atoms with van der Waals surface area (Å²) in [6.45, 7) is 9.20. The number of hydrogen-bond donors (Lipinski definition) is 0. The standard InChI is InChI=1S/C11H13NSi.C9H7.2ClH.Zr/c1-6-5-8-9(12-6)11-7(2)10(8)13(11,3)4;1-2-5-9-7-3-6-8(9)4-1;;;/h5H,1-4H3;1-7H;2*1H;/q;-1;;;+3/p-2. The fourth-order valence-corrected chi connectivity index (χ4v) is 7.97. The maximum atomic E-state index is 4.62. The minimum Gasteiger partial charge on any atom is -1.00 e. The molecule has 0 spiro atoms. The van der Waals surface area contributed by atoms with Gasteiger partial charge >= 0.3 is 26.2 Å². The van der Waals surface area contributed by atoms with Gasteiger partial charge in [-0.3, -0.25) is 4.99 Å². The molecule has 127 valence electrons. The van der Waals surface area contributed by atoms with Crippen LogP contribution in [0.15, 0.2) is 80.8 Å². The number of allylic oxidation sites excluding steroid dienone is 4. The molecule has 3 aliphatic heterocycles. The van der Waals surface area contributed by atoms with E-state index in [0.29, 0.717) is 0 Å². The topological polar surface area (TPSA) is 12.4 Å². The van der Waals surface area contributed by atoms with Gasteiger partial charge in [0.25, 0.3) is 0 Å². The fraction of sp³-hybridized carbons (Fsp3) is 0.200. The van der Waals surface area contributed by atoms with Gasteiger partial charge in [-0.25, -0.2) is 0 Å². The number of fused-ring (bicyclic) bond motifs is 1. The normalized spacial score (nSPS) is 17.9. The predicted octanol–water partition coefficient (Wildman–Crippen LogP) is -0.664. The van der Waals surface area contributed by atoms with E-state index in [-0.39, 0.29) is 51.0 Å². The summed E-state index contributed by atoms with van der Waals surface area (Å²) >= 11 is 0. The van der Waals surface area contributed by atoms with Gasteiger partial charge in [0.05, 0.1) is 5.70 Å². The molecule has 1 nitrogen and oxygen atoms in total. The zero-order valence-corrected chi connectivity index (χ0v) is 19.8. The van der Waals surface area contributed by atoms with Crippen LogP contribution >= 0.6 is 0 Å². The van der Waals surface area contributed by atoms with Crippen molar-refractivity contribution in [3.05, 3.63) is 75.8 Å². The van der Waals surface area contributed by atoms with Gasteiger partial charge in [0.15, 0.2) is 0 Å². The van der Waals surface area contributed by atoms with E-state index in [1.807, 2.05) is 0 Å². The Hall–Kier alpha value is -0.600. The Balaban J connectivity index is 0.000000234. The van der Waals surface area contributed by atoms with Crippen molar-refractivity contribution in [1.29, 1.82) is 0 Å². The van der Waals surface area contributed by atoms with E-state index < -0.39 is 8.07 Å². The molecule has 0 unspecified atom stereocenters. The monoisotopic (exact) mass is 462 g/mol. The maximum absolute atomic E-state index is 4.62. The molecule has 0 amide bonds. The molecule has 0 aromatic heterocycles. The summed E-state index contributed by atoms with van der Waals surface area (Å²) in [4.78, 5) is 4.62. The second kappa shape index (κ2) is 7.96. The number of rotatable bonds is 0. The van der Waals surface area contributed by atoms with Gasteiger partial charge in [0.1, 0.15) is 8.07 Å². The molecule has 2 aromatic rings. The summed E-state index contributed by atoms with van der Waals surface area (Å²) in [5.41, 5.74) is 5.49. The first-order valence-electron chi connectivity index (χ1n) is 7.85. The largest absolute Gasteiger partial charge is 3.00 e. The molecular formula is C20H20Cl2NSiZr. The van der Waals surface area contributed by atoms with E-state index in [2.05, 4.69) is 80.5 Å². The van der Waals surface area contributed by atoms with E-state index in [9.17, 15) is 0 Å². The number of benzene rings is 1. The molecular weight excluding hydrogens is 444 g/mol.